The maximum Gasteiger partial charge on any atom is 0.189 e. The van der Waals surface area contributed by atoms with Crippen LogP contribution in [0.1, 0.15) is 51.8 Å². The van der Waals surface area contributed by atoms with E-state index < -0.39 is 0 Å². The lowest BCUT2D eigenvalue weighted by Crippen LogP contribution is -2.17. The lowest BCUT2D eigenvalue weighted by atomic mass is 9.91. The van der Waals surface area contributed by atoms with Crippen molar-refractivity contribution in [3.8, 4) is 0 Å². The fraction of sp³-hybridized carbons (Fsp3) is 0.471. The molecule has 0 saturated carbocycles. The summed E-state index contributed by atoms with van der Waals surface area (Å²) >= 11 is 0. The summed E-state index contributed by atoms with van der Waals surface area (Å²) in [5.74, 6) is 0. The van der Waals surface area contributed by atoms with Crippen LogP contribution in [0.25, 0.3) is 10.9 Å². The molecule has 0 atom stereocenters. The molecule has 2 rings (SSSR count). The predicted molar refractivity (Wildman–Crippen MR) is 81.9 cm³/mol. The molecule has 0 aliphatic rings. The summed E-state index contributed by atoms with van der Waals surface area (Å²) < 4.78 is 0. The SMILES string of the molecule is CCCCc1ccc2[nH]c(C(C)(C)C)cc(=O)c2c1. The molecular weight excluding hydrogens is 234 g/mol. The second kappa shape index (κ2) is 5.20. The van der Waals surface area contributed by atoms with Gasteiger partial charge in [0, 0.05) is 28.1 Å². The van der Waals surface area contributed by atoms with Gasteiger partial charge in [-0.2, -0.15) is 0 Å². The number of aryl methyl sites for hydroxylation is 1. The van der Waals surface area contributed by atoms with Crippen LogP contribution in [0.15, 0.2) is 29.1 Å². The Morgan fingerprint density at radius 3 is 2.53 bits per heavy atom. The molecule has 0 unspecified atom stereocenters. The molecule has 1 aromatic heterocycles. The summed E-state index contributed by atoms with van der Waals surface area (Å²) in [4.78, 5) is 15.6. The number of aromatic amines is 1. The quantitative estimate of drug-likeness (QED) is 0.879. The monoisotopic (exact) mass is 257 g/mol. The van der Waals surface area contributed by atoms with Crippen molar-refractivity contribution in [2.24, 2.45) is 0 Å². The van der Waals surface area contributed by atoms with Gasteiger partial charge in [-0.25, -0.2) is 0 Å². The molecule has 2 heteroatoms. The van der Waals surface area contributed by atoms with E-state index in [4.69, 9.17) is 0 Å². The zero-order chi connectivity index (χ0) is 14.0. The van der Waals surface area contributed by atoms with Gasteiger partial charge in [0.15, 0.2) is 5.43 Å². The first kappa shape index (κ1) is 13.9. The Morgan fingerprint density at radius 1 is 1.16 bits per heavy atom. The first-order valence-corrected chi connectivity index (χ1v) is 7.08. The number of aromatic nitrogens is 1. The van der Waals surface area contributed by atoms with Gasteiger partial charge in [0.05, 0.1) is 0 Å². The number of hydrogen-bond donors (Lipinski definition) is 1. The lowest BCUT2D eigenvalue weighted by molar-refractivity contribution is 0.571. The van der Waals surface area contributed by atoms with E-state index in [1.54, 1.807) is 6.07 Å². The molecule has 0 aliphatic carbocycles. The highest BCUT2D eigenvalue weighted by Crippen LogP contribution is 2.21. The van der Waals surface area contributed by atoms with Crippen molar-refractivity contribution in [3.05, 3.63) is 45.7 Å². The third kappa shape index (κ3) is 3.06. The summed E-state index contributed by atoms with van der Waals surface area (Å²) in [6.07, 6.45) is 3.40. The molecule has 0 saturated heterocycles. The van der Waals surface area contributed by atoms with E-state index in [1.165, 1.54) is 18.4 Å². The minimum absolute atomic E-state index is 0.0335. The third-order valence-electron chi connectivity index (χ3n) is 3.52. The van der Waals surface area contributed by atoms with E-state index in [0.29, 0.717) is 0 Å². The highest BCUT2D eigenvalue weighted by molar-refractivity contribution is 5.79. The largest absolute Gasteiger partial charge is 0.358 e. The average Bonchev–Trinajstić information content (AvgIpc) is 2.35. The molecule has 0 fully saturated rings. The van der Waals surface area contributed by atoms with Gasteiger partial charge in [-0.3, -0.25) is 4.79 Å². The fourth-order valence-corrected chi connectivity index (χ4v) is 2.23. The van der Waals surface area contributed by atoms with Crippen molar-refractivity contribution in [1.29, 1.82) is 0 Å². The Bertz CT molecular complexity index is 632. The Balaban J connectivity index is 2.51. The molecule has 0 amide bonds. The van der Waals surface area contributed by atoms with Gasteiger partial charge in [-0.05, 0) is 30.5 Å². The standard InChI is InChI=1S/C17H23NO/c1-5-6-7-12-8-9-14-13(10-12)15(19)11-16(18-14)17(2,3)4/h8-11H,5-7H2,1-4H3,(H,18,19). The molecule has 2 nitrogen and oxygen atoms in total. The van der Waals surface area contributed by atoms with Gasteiger partial charge in [0.1, 0.15) is 0 Å². The van der Waals surface area contributed by atoms with Gasteiger partial charge in [-0.15, -0.1) is 0 Å². The van der Waals surface area contributed by atoms with Gasteiger partial charge in [-0.1, -0.05) is 40.2 Å². The molecule has 0 spiro atoms. The smallest absolute Gasteiger partial charge is 0.189 e. The summed E-state index contributed by atoms with van der Waals surface area (Å²) in [6.45, 7) is 8.52. The number of nitrogens with one attached hydrogen (secondary N) is 1. The predicted octanol–water partition coefficient (Wildman–Crippen LogP) is 4.17. The molecule has 102 valence electrons. The van der Waals surface area contributed by atoms with Crippen molar-refractivity contribution in [2.45, 2.75) is 52.4 Å². The van der Waals surface area contributed by atoms with Crippen LogP contribution in [-0.2, 0) is 11.8 Å². The van der Waals surface area contributed by atoms with E-state index in [9.17, 15) is 4.79 Å². The van der Waals surface area contributed by atoms with Crippen LogP contribution < -0.4 is 5.43 Å². The molecular formula is C17H23NO. The highest BCUT2D eigenvalue weighted by Gasteiger charge is 2.16. The number of rotatable bonds is 3. The maximum atomic E-state index is 12.3. The molecule has 0 aliphatic heterocycles. The zero-order valence-electron chi connectivity index (χ0n) is 12.3. The van der Waals surface area contributed by atoms with Gasteiger partial charge < -0.3 is 4.98 Å². The molecule has 1 aromatic carbocycles. The second-order valence-corrected chi connectivity index (χ2v) is 6.28. The number of H-pyrrole nitrogens is 1. The average molecular weight is 257 g/mol. The van der Waals surface area contributed by atoms with E-state index in [2.05, 4.69) is 38.7 Å². The van der Waals surface area contributed by atoms with Crippen LogP contribution in [0.3, 0.4) is 0 Å². The summed E-state index contributed by atoms with van der Waals surface area (Å²) in [5.41, 5.74) is 3.28. The molecule has 1 heterocycles. The second-order valence-electron chi connectivity index (χ2n) is 6.28. The van der Waals surface area contributed by atoms with Crippen molar-refractivity contribution in [3.63, 3.8) is 0 Å². The third-order valence-corrected chi connectivity index (χ3v) is 3.52. The number of unbranched alkanes of at least 4 members (excludes halogenated alkanes) is 1. The van der Waals surface area contributed by atoms with Crippen LogP contribution in [-0.4, -0.2) is 4.98 Å². The number of pyridine rings is 1. The normalized spacial score (nSPS) is 12.0. The van der Waals surface area contributed by atoms with Gasteiger partial charge in [0.2, 0.25) is 0 Å². The Labute approximate surface area is 114 Å². The van der Waals surface area contributed by atoms with E-state index in [0.717, 1.165) is 23.0 Å². The van der Waals surface area contributed by atoms with Crippen LogP contribution in [0, 0.1) is 0 Å². The maximum absolute atomic E-state index is 12.3. The van der Waals surface area contributed by atoms with E-state index >= 15 is 0 Å². The molecule has 1 N–H and O–H groups in total. The summed E-state index contributed by atoms with van der Waals surface area (Å²) in [7, 11) is 0. The number of fused-ring (bicyclic) bond motifs is 1. The molecule has 0 bridgehead atoms. The minimum atomic E-state index is -0.0335. The van der Waals surface area contributed by atoms with Crippen molar-refractivity contribution in [2.75, 3.05) is 0 Å². The van der Waals surface area contributed by atoms with Crippen LogP contribution in [0.2, 0.25) is 0 Å². The Hall–Kier alpha value is -1.57. The Kier molecular flexibility index (Phi) is 3.79. The van der Waals surface area contributed by atoms with Gasteiger partial charge in [0.25, 0.3) is 0 Å². The van der Waals surface area contributed by atoms with E-state index in [1.807, 2.05) is 12.1 Å². The Morgan fingerprint density at radius 2 is 1.89 bits per heavy atom. The lowest BCUT2D eigenvalue weighted by Gasteiger charge is -2.19. The van der Waals surface area contributed by atoms with Crippen molar-refractivity contribution >= 4 is 10.9 Å². The van der Waals surface area contributed by atoms with Crippen LogP contribution in [0.4, 0.5) is 0 Å². The van der Waals surface area contributed by atoms with Gasteiger partial charge >= 0.3 is 0 Å². The van der Waals surface area contributed by atoms with Crippen LogP contribution >= 0.6 is 0 Å². The zero-order valence-corrected chi connectivity index (χ0v) is 12.3. The number of hydrogen-bond acceptors (Lipinski definition) is 1. The number of benzene rings is 1. The molecule has 19 heavy (non-hydrogen) atoms. The molecule has 2 aromatic rings. The first-order chi connectivity index (χ1) is 8.91. The fourth-order valence-electron chi connectivity index (χ4n) is 2.23. The van der Waals surface area contributed by atoms with Crippen LogP contribution in [0.5, 0.6) is 0 Å². The first-order valence-electron chi connectivity index (χ1n) is 7.08. The minimum Gasteiger partial charge on any atom is -0.358 e. The van der Waals surface area contributed by atoms with Crippen molar-refractivity contribution < 1.29 is 0 Å². The summed E-state index contributed by atoms with van der Waals surface area (Å²) in [5, 5.41) is 0.807. The topological polar surface area (TPSA) is 32.9 Å². The van der Waals surface area contributed by atoms with E-state index in [-0.39, 0.29) is 10.8 Å². The molecule has 0 radical (unpaired) electrons. The van der Waals surface area contributed by atoms with Crippen molar-refractivity contribution in [1.82, 2.24) is 4.98 Å². The highest BCUT2D eigenvalue weighted by atomic mass is 16.1. The summed E-state index contributed by atoms with van der Waals surface area (Å²) in [6, 6.07) is 7.94.